The Kier molecular flexibility index (Phi) is 4.36. The Morgan fingerprint density at radius 2 is 2.20 bits per heavy atom. The second kappa shape index (κ2) is 6.21. The number of carbonyl (C=O) groups is 1. The minimum Gasteiger partial charge on any atom is -0.291 e. The summed E-state index contributed by atoms with van der Waals surface area (Å²) in [7, 11) is -2.33. The van der Waals surface area contributed by atoms with Crippen LogP contribution in [0.1, 0.15) is 9.67 Å². The van der Waals surface area contributed by atoms with E-state index in [2.05, 4.69) is 41.8 Å². The first-order valence-corrected chi connectivity index (χ1v) is 9.63. The first-order chi connectivity index (χ1) is 11.7. The van der Waals surface area contributed by atoms with Gasteiger partial charge in [-0.1, -0.05) is 0 Å². The number of aromatic amines is 1. The smallest absolute Gasteiger partial charge is 0.279 e. The second-order valence-corrected chi connectivity index (χ2v) is 8.69. The van der Waals surface area contributed by atoms with Crippen LogP contribution in [-0.4, -0.2) is 34.1 Å². The predicted octanol–water partition coefficient (Wildman–Crippen LogP) is -0.115. The van der Waals surface area contributed by atoms with Crippen LogP contribution in [0.5, 0.6) is 0 Å². The van der Waals surface area contributed by atoms with Crippen molar-refractivity contribution in [2.24, 2.45) is 12.2 Å². The number of carbonyl (C=O) groups excluding carboxylic acids is 1. The van der Waals surface area contributed by atoms with Gasteiger partial charge < -0.3 is 0 Å². The molecule has 3 rings (SSSR count). The van der Waals surface area contributed by atoms with E-state index in [4.69, 9.17) is 5.14 Å². The summed E-state index contributed by atoms with van der Waals surface area (Å²) in [5.41, 5.74) is 4.68. The predicted molar refractivity (Wildman–Crippen MR) is 93.6 cm³/mol. The summed E-state index contributed by atoms with van der Waals surface area (Å²) in [5.74, 6) is -0.634. The molecule has 0 radical (unpaired) electrons. The van der Waals surface area contributed by atoms with E-state index in [9.17, 15) is 18.0 Å². The van der Waals surface area contributed by atoms with E-state index < -0.39 is 21.5 Å². The molecule has 0 unspecified atom stereocenters. The van der Waals surface area contributed by atoms with Crippen molar-refractivity contribution in [2.45, 2.75) is 4.90 Å². The molecule has 0 bridgehead atoms. The maximum Gasteiger partial charge on any atom is 0.279 e. The monoisotopic (exact) mass is 447 g/mol. The quantitative estimate of drug-likeness (QED) is 0.404. The molecule has 0 atom stereocenters. The van der Waals surface area contributed by atoms with Crippen LogP contribution >= 0.6 is 27.3 Å². The van der Waals surface area contributed by atoms with Crippen LogP contribution in [0.25, 0.3) is 11.0 Å². The van der Waals surface area contributed by atoms with E-state index in [1.807, 2.05) is 0 Å². The summed E-state index contributed by atoms with van der Waals surface area (Å²) in [6.07, 6.45) is 1.38. The van der Waals surface area contributed by atoms with Crippen LogP contribution in [0.2, 0.25) is 0 Å². The highest BCUT2D eigenvalue weighted by Gasteiger charge is 2.20. The number of nitrogens with two attached hydrogens (primary N) is 1. The number of H-pyrrole nitrogens is 1. The molecule has 132 valence electrons. The van der Waals surface area contributed by atoms with Gasteiger partial charge in [-0.25, -0.2) is 13.6 Å². The molecule has 0 fully saturated rings. The van der Waals surface area contributed by atoms with Gasteiger partial charge in [-0.15, -0.1) is 11.3 Å². The molecule has 3 heterocycles. The van der Waals surface area contributed by atoms with Gasteiger partial charge in [-0.3, -0.25) is 30.1 Å². The molecule has 0 aliphatic heterocycles. The Labute approximate surface area is 152 Å². The number of aryl methyl sites for hydroxylation is 1. The summed E-state index contributed by atoms with van der Waals surface area (Å²) in [6.45, 7) is 0. The Morgan fingerprint density at radius 1 is 1.48 bits per heavy atom. The van der Waals surface area contributed by atoms with Crippen LogP contribution in [-0.2, 0) is 17.1 Å². The number of sulfonamides is 1. The molecule has 0 saturated heterocycles. The maximum atomic E-state index is 12.1. The zero-order valence-electron chi connectivity index (χ0n) is 12.4. The fraction of sp³-hybridized carbons (Fsp3) is 0.0909. The number of halogens is 1. The number of rotatable bonds is 4. The minimum absolute atomic E-state index is 0.00302. The molecule has 5 N–H and O–H groups in total. The maximum absolute atomic E-state index is 12.1. The van der Waals surface area contributed by atoms with Crippen molar-refractivity contribution in [2.75, 3.05) is 5.43 Å². The highest BCUT2D eigenvalue weighted by atomic mass is 79.9. The average Bonchev–Trinajstić information content (AvgIpc) is 3.09. The second-order valence-electron chi connectivity index (χ2n) is 4.79. The fourth-order valence-electron chi connectivity index (χ4n) is 1.93. The Bertz CT molecular complexity index is 1150. The zero-order chi connectivity index (χ0) is 18.4. The van der Waals surface area contributed by atoms with E-state index in [0.29, 0.717) is 11.0 Å². The van der Waals surface area contributed by atoms with Gasteiger partial charge in [0.1, 0.15) is 10.3 Å². The molecular weight excluding hydrogens is 438 g/mol. The molecule has 0 spiro atoms. The number of anilines is 1. The van der Waals surface area contributed by atoms with Gasteiger partial charge in [0.05, 0.1) is 14.9 Å². The van der Waals surface area contributed by atoms with E-state index in [-0.39, 0.29) is 19.5 Å². The lowest BCUT2D eigenvalue weighted by Crippen LogP contribution is -2.30. The van der Waals surface area contributed by atoms with Crippen LogP contribution < -0.4 is 21.5 Å². The Balaban J connectivity index is 1.81. The minimum atomic E-state index is -3.95. The molecule has 11 nitrogen and oxygen atoms in total. The van der Waals surface area contributed by atoms with Crippen molar-refractivity contribution in [3.8, 4) is 0 Å². The van der Waals surface area contributed by atoms with Crippen LogP contribution in [0.3, 0.4) is 0 Å². The van der Waals surface area contributed by atoms with Gasteiger partial charge in [0.2, 0.25) is 16.0 Å². The molecular formula is C11H10BrN7O4S2. The van der Waals surface area contributed by atoms with Crippen molar-refractivity contribution < 1.29 is 13.2 Å². The number of primary sulfonamides is 1. The number of aromatic nitrogens is 4. The van der Waals surface area contributed by atoms with Crippen molar-refractivity contribution >= 4 is 60.2 Å². The van der Waals surface area contributed by atoms with Crippen molar-refractivity contribution in [1.29, 1.82) is 0 Å². The molecule has 3 aromatic heterocycles. The molecule has 0 aromatic carbocycles. The van der Waals surface area contributed by atoms with Gasteiger partial charge in [0, 0.05) is 7.05 Å². The third-order valence-corrected chi connectivity index (χ3v) is 6.24. The Morgan fingerprint density at radius 3 is 2.84 bits per heavy atom. The number of fused-ring (bicyclic) bond motifs is 1. The highest BCUT2D eigenvalue weighted by molar-refractivity contribution is 9.11. The third-order valence-electron chi connectivity index (χ3n) is 3.08. The molecule has 0 saturated carbocycles. The van der Waals surface area contributed by atoms with Gasteiger partial charge in [0.15, 0.2) is 5.65 Å². The third kappa shape index (κ3) is 3.41. The lowest BCUT2D eigenvalue weighted by molar-refractivity contribution is 0.0966. The molecule has 0 aliphatic rings. The van der Waals surface area contributed by atoms with Gasteiger partial charge in [0.25, 0.3) is 11.5 Å². The van der Waals surface area contributed by atoms with E-state index >= 15 is 0 Å². The van der Waals surface area contributed by atoms with Gasteiger partial charge >= 0.3 is 0 Å². The Hall–Kier alpha value is -2.29. The number of hydrogen-bond acceptors (Lipinski definition) is 8. The first kappa shape index (κ1) is 17.5. The van der Waals surface area contributed by atoms with Crippen LogP contribution in [0, 0.1) is 0 Å². The fourth-order valence-corrected chi connectivity index (χ4v) is 4.97. The van der Waals surface area contributed by atoms with Crippen molar-refractivity contribution in [3.05, 3.63) is 31.3 Å². The number of amides is 1. The number of nitrogens with one attached hydrogen (secondary N) is 3. The number of hydrogen-bond donors (Lipinski definition) is 4. The molecule has 0 aliphatic carbocycles. The SMILES string of the molecule is Cn1ncc2c(=O)[nH]c(NNC(=O)c3cc(S(N)(=O)=O)c(Br)s3)nc21. The molecule has 25 heavy (non-hydrogen) atoms. The largest absolute Gasteiger partial charge is 0.291 e. The van der Waals surface area contributed by atoms with Crippen molar-refractivity contribution in [3.63, 3.8) is 0 Å². The topological polar surface area (TPSA) is 165 Å². The van der Waals surface area contributed by atoms with E-state index in [1.54, 1.807) is 7.05 Å². The summed E-state index contributed by atoms with van der Waals surface area (Å²) in [6, 6.07) is 1.14. The lowest BCUT2D eigenvalue weighted by Gasteiger charge is -2.06. The summed E-state index contributed by atoms with van der Waals surface area (Å²) >= 11 is 3.94. The lowest BCUT2D eigenvalue weighted by atomic mass is 10.4. The molecule has 14 heteroatoms. The zero-order valence-corrected chi connectivity index (χ0v) is 15.6. The standard InChI is InChI=1S/C11H10BrN7O4S2/c1-19-8-4(3-14-19)9(20)16-11(15-8)18-17-10(21)5-2-6(7(12)24-5)25(13,22)23/h2-3H,1H3,(H,17,21)(H2,13,22,23)(H2,15,16,18,20). The normalized spacial score (nSPS) is 11.6. The first-order valence-electron chi connectivity index (χ1n) is 6.47. The molecule has 1 amide bonds. The average molecular weight is 448 g/mol. The van der Waals surface area contributed by atoms with E-state index in [1.165, 1.54) is 10.9 Å². The van der Waals surface area contributed by atoms with E-state index in [0.717, 1.165) is 17.4 Å². The number of thiophene rings is 1. The van der Waals surface area contributed by atoms with Crippen LogP contribution in [0.15, 0.2) is 25.7 Å². The number of hydrazine groups is 1. The number of nitrogens with zero attached hydrogens (tertiary/aromatic N) is 3. The van der Waals surface area contributed by atoms with Crippen molar-refractivity contribution in [1.82, 2.24) is 25.2 Å². The summed E-state index contributed by atoms with van der Waals surface area (Å²) in [4.78, 5) is 30.5. The van der Waals surface area contributed by atoms with Gasteiger partial charge in [-0.05, 0) is 22.0 Å². The summed E-state index contributed by atoms with van der Waals surface area (Å²) < 4.78 is 24.4. The van der Waals surface area contributed by atoms with Crippen LogP contribution in [0.4, 0.5) is 5.95 Å². The molecule has 3 aromatic rings. The van der Waals surface area contributed by atoms with Gasteiger partial charge in [-0.2, -0.15) is 10.1 Å². The highest BCUT2D eigenvalue weighted by Crippen LogP contribution is 2.30. The summed E-state index contributed by atoms with van der Waals surface area (Å²) in [5, 5.41) is 9.28.